The zero-order chi connectivity index (χ0) is 26.3. The Morgan fingerprint density at radius 2 is 1.16 bits per heavy atom. The predicted molar refractivity (Wildman–Crippen MR) is 135 cm³/mol. The zero-order valence-corrected chi connectivity index (χ0v) is 20.5. The third-order valence-electron chi connectivity index (χ3n) is 5.25. The summed E-state index contributed by atoms with van der Waals surface area (Å²) >= 11 is 0. The Hall–Kier alpha value is -4.33. The highest BCUT2D eigenvalue weighted by Crippen LogP contribution is 2.25. The van der Waals surface area contributed by atoms with Crippen LogP contribution < -0.4 is 9.47 Å². The van der Waals surface area contributed by atoms with Crippen molar-refractivity contribution in [1.82, 2.24) is 0 Å². The molecule has 0 fully saturated rings. The zero-order valence-electron chi connectivity index (χ0n) is 20.5. The van der Waals surface area contributed by atoms with Crippen LogP contribution in [0.3, 0.4) is 0 Å². The lowest BCUT2D eigenvalue weighted by Gasteiger charge is -2.12. The van der Waals surface area contributed by atoms with Gasteiger partial charge in [0.05, 0.1) is 13.2 Å². The van der Waals surface area contributed by atoms with Crippen molar-refractivity contribution in [2.45, 2.75) is 38.9 Å². The molecule has 0 bridgehead atoms. The molecule has 0 saturated carbocycles. The summed E-state index contributed by atoms with van der Waals surface area (Å²) in [6, 6.07) is 23.2. The average Bonchev–Trinajstić information content (AvgIpc) is 2.92. The molecule has 0 aromatic heterocycles. The molecule has 0 heterocycles. The molecule has 3 aromatic rings. The van der Waals surface area contributed by atoms with E-state index in [1.54, 1.807) is 0 Å². The van der Waals surface area contributed by atoms with Gasteiger partial charge in [-0.2, -0.15) is 0 Å². The molecule has 0 aliphatic carbocycles. The second-order valence-electron chi connectivity index (χ2n) is 8.16. The van der Waals surface area contributed by atoms with Gasteiger partial charge in [-0.1, -0.05) is 60.7 Å². The third kappa shape index (κ3) is 10.0. The number of carbonyl (C=O) groups excluding carboxylic acids is 2. The van der Waals surface area contributed by atoms with E-state index in [9.17, 15) is 19.5 Å². The summed E-state index contributed by atoms with van der Waals surface area (Å²) in [5, 5.41) is 9.44. The van der Waals surface area contributed by atoms with Gasteiger partial charge < -0.3 is 24.1 Å². The van der Waals surface area contributed by atoms with Crippen LogP contribution in [0.15, 0.2) is 78.9 Å². The topological polar surface area (TPSA) is 108 Å². The van der Waals surface area contributed by atoms with E-state index in [0.717, 1.165) is 11.1 Å². The number of esters is 2. The van der Waals surface area contributed by atoms with Crippen molar-refractivity contribution >= 4 is 17.9 Å². The smallest absolute Gasteiger partial charge is 0.339 e. The number of aromatic carboxylic acids is 1. The predicted octanol–water partition coefficient (Wildman–Crippen LogP) is 5.19. The number of carbonyl (C=O) groups is 3. The van der Waals surface area contributed by atoms with Gasteiger partial charge in [-0.3, -0.25) is 9.59 Å². The molecular formula is C29H30O8. The van der Waals surface area contributed by atoms with E-state index in [1.165, 1.54) is 18.2 Å². The first kappa shape index (κ1) is 27.3. The first-order chi connectivity index (χ1) is 18.0. The van der Waals surface area contributed by atoms with Crippen molar-refractivity contribution < 1.29 is 38.4 Å². The fraction of sp³-hybridized carbons (Fsp3) is 0.276. The van der Waals surface area contributed by atoms with Crippen molar-refractivity contribution in [1.29, 1.82) is 0 Å². The molecule has 0 atom stereocenters. The van der Waals surface area contributed by atoms with E-state index < -0.39 is 5.97 Å². The lowest BCUT2D eigenvalue weighted by atomic mass is 10.2. The number of carboxylic acids is 1. The number of hydrogen-bond acceptors (Lipinski definition) is 7. The quantitative estimate of drug-likeness (QED) is 0.222. The molecule has 1 N–H and O–H groups in total. The highest BCUT2D eigenvalue weighted by Gasteiger charge is 2.14. The van der Waals surface area contributed by atoms with Crippen molar-refractivity contribution in [3.05, 3.63) is 95.6 Å². The molecule has 8 nitrogen and oxygen atoms in total. The maximum Gasteiger partial charge on any atom is 0.339 e. The van der Waals surface area contributed by atoms with Crippen LogP contribution in [-0.2, 0) is 32.3 Å². The van der Waals surface area contributed by atoms with E-state index in [2.05, 4.69) is 0 Å². The summed E-state index contributed by atoms with van der Waals surface area (Å²) in [7, 11) is 0. The molecule has 37 heavy (non-hydrogen) atoms. The van der Waals surface area contributed by atoms with Gasteiger partial charge in [0.2, 0.25) is 0 Å². The Kier molecular flexibility index (Phi) is 11.0. The van der Waals surface area contributed by atoms with Crippen LogP contribution in [0.25, 0.3) is 0 Å². The Labute approximate surface area is 215 Å². The van der Waals surface area contributed by atoms with Gasteiger partial charge in [0.15, 0.2) is 0 Å². The summed E-state index contributed by atoms with van der Waals surface area (Å²) in [6.45, 7) is 0.813. The van der Waals surface area contributed by atoms with E-state index in [0.29, 0.717) is 18.6 Å². The van der Waals surface area contributed by atoms with Crippen LogP contribution in [0.4, 0.5) is 0 Å². The number of ether oxygens (including phenoxy) is 4. The molecule has 0 unspecified atom stereocenters. The lowest BCUT2D eigenvalue weighted by Crippen LogP contribution is -2.09. The minimum absolute atomic E-state index is 0.0107. The van der Waals surface area contributed by atoms with Crippen LogP contribution >= 0.6 is 0 Å². The second kappa shape index (κ2) is 14.9. The van der Waals surface area contributed by atoms with Gasteiger partial charge in [-0.15, -0.1) is 0 Å². The molecule has 3 aromatic carbocycles. The molecular weight excluding hydrogens is 476 g/mol. The fourth-order valence-corrected chi connectivity index (χ4v) is 3.31. The van der Waals surface area contributed by atoms with Gasteiger partial charge >= 0.3 is 17.9 Å². The standard InChI is InChI=1S/C29H30O8/c30-27(36-20-22-9-3-1-4-10-22)13-7-17-34-24-15-16-25(29(32)33)26(19-24)35-18-8-14-28(31)37-21-23-11-5-2-6-12-23/h1-6,9-12,15-16,19H,7-8,13-14,17-18,20-21H2,(H,32,33). The summed E-state index contributed by atoms with van der Waals surface area (Å²) in [4.78, 5) is 35.4. The van der Waals surface area contributed by atoms with Gasteiger partial charge in [-0.25, -0.2) is 4.79 Å². The van der Waals surface area contributed by atoms with Crippen LogP contribution in [0.1, 0.15) is 47.2 Å². The summed E-state index contributed by atoms with van der Waals surface area (Å²) in [6.07, 6.45) is 1.15. The Balaban J connectivity index is 1.37. The number of carboxylic acid groups (broad SMARTS) is 1. The minimum atomic E-state index is -1.13. The van der Waals surface area contributed by atoms with E-state index in [-0.39, 0.29) is 62.5 Å². The highest BCUT2D eigenvalue weighted by molar-refractivity contribution is 5.91. The molecule has 0 amide bonds. The van der Waals surface area contributed by atoms with Crippen LogP contribution in [0.2, 0.25) is 0 Å². The monoisotopic (exact) mass is 506 g/mol. The number of hydrogen-bond donors (Lipinski definition) is 1. The summed E-state index contributed by atoms with van der Waals surface area (Å²) < 4.78 is 21.8. The average molecular weight is 507 g/mol. The van der Waals surface area contributed by atoms with Crippen LogP contribution in [0, 0.1) is 0 Å². The SMILES string of the molecule is O=C(CCCOc1ccc(C(=O)O)c(OCCCC(=O)OCc2ccccc2)c1)OCc1ccccc1. The normalized spacial score (nSPS) is 10.4. The number of rotatable bonds is 15. The maximum absolute atomic E-state index is 11.9. The molecule has 3 rings (SSSR count). The molecule has 0 aliphatic heterocycles. The molecule has 0 saturated heterocycles. The highest BCUT2D eigenvalue weighted by atomic mass is 16.5. The Morgan fingerprint density at radius 3 is 1.68 bits per heavy atom. The second-order valence-corrected chi connectivity index (χ2v) is 8.16. The van der Waals surface area contributed by atoms with Gasteiger partial charge in [-0.05, 0) is 36.1 Å². The van der Waals surface area contributed by atoms with E-state index >= 15 is 0 Å². The Bertz CT molecular complexity index is 1150. The van der Waals surface area contributed by atoms with Crippen molar-refractivity contribution in [3.8, 4) is 11.5 Å². The largest absolute Gasteiger partial charge is 0.493 e. The van der Waals surface area contributed by atoms with Crippen molar-refractivity contribution in [3.63, 3.8) is 0 Å². The van der Waals surface area contributed by atoms with Crippen LogP contribution in [0.5, 0.6) is 11.5 Å². The van der Waals surface area contributed by atoms with E-state index in [4.69, 9.17) is 18.9 Å². The van der Waals surface area contributed by atoms with Gasteiger partial charge in [0.1, 0.15) is 30.3 Å². The number of benzene rings is 3. The van der Waals surface area contributed by atoms with Crippen LogP contribution in [-0.4, -0.2) is 36.2 Å². The Morgan fingerprint density at radius 1 is 0.649 bits per heavy atom. The summed E-state index contributed by atoms with van der Waals surface area (Å²) in [5.41, 5.74) is 1.81. The van der Waals surface area contributed by atoms with Gasteiger partial charge in [0.25, 0.3) is 0 Å². The molecule has 8 heteroatoms. The maximum atomic E-state index is 11.9. The van der Waals surface area contributed by atoms with E-state index in [1.807, 2.05) is 60.7 Å². The molecule has 0 radical (unpaired) electrons. The first-order valence-corrected chi connectivity index (χ1v) is 12.0. The fourth-order valence-electron chi connectivity index (χ4n) is 3.31. The third-order valence-corrected chi connectivity index (χ3v) is 5.25. The molecule has 0 aliphatic rings. The summed E-state index contributed by atoms with van der Waals surface area (Å²) in [5.74, 6) is -1.25. The first-order valence-electron chi connectivity index (χ1n) is 12.0. The lowest BCUT2D eigenvalue weighted by molar-refractivity contribution is -0.146. The molecule has 0 spiro atoms. The van der Waals surface area contributed by atoms with Gasteiger partial charge in [0, 0.05) is 18.9 Å². The van der Waals surface area contributed by atoms with Crippen molar-refractivity contribution in [2.75, 3.05) is 13.2 Å². The van der Waals surface area contributed by atoms with Crippen molar-refractivity contribution in [2.24, 2.45) is 0 Å². The molecule has 194 valence electrons. The minimum Gasteiger partial charge on any atom is -0.493 e.